The van der Waals surface area contributed by atoms with Gasteiger partial charge in [-0.25, -0.2) is 4.68 Å². The number of nitrogens with zero attached hydrogens (tertiary/aromatic N) is 4. The van der Waals surface area contributed by atoms with Gasteiger partial charge in [0.1, 0.15) is 5.69 Å². The predicted molar refractivity (Wildman–Crippen MR) is 87.1 cm³/mol. The van der Waals surface area contributed by atoms with Gasteiger partial charge in [-0.1, -0.05) is 0 Å². The van der Waals surface area contributed by atoms with Crippen LogP contribution in [0.5, 0.6) is 0 Å². The monoisotopic (exact) mass is 282 g/mol. The van der Waals surface area contributed by atoms with E-state index in [4.69, 9.17) is 0 Å². The van der Waals surface area contributed by atoms with Crippen LogP contribution in [0.3, 0.4) is 0 Å². The van der Waals surface area contributed by atoms with Gasteiger partial charge in [-0.15, -0.1) is 0 Å². The number of anilines is 2. The smallest absolute Gasteiger partial charge is 0.292 e. The Labute approximate surface area is 122 Å². The molecule has 0 atom stereocenters. The van der Waals surface area contributed by atoms with Crippen molar-refractivity contribution in [2.24, 2.45) is 7.05 Å². The van der Waals surface area contributed by atoms with E-state index in [1.165, 1.54) is 0 Å². The lowest BCUT2D eigenvalue weighted by atomic mass is 10.2. The zero-order valence-electron chi connectivity index (χ0n) is 14.4. The molecule has 1 heterocycles. The van der Waals surface area contributed by atoms with E-state index in [2.05, 4.69) is 32.6 Å². The lowest BCUT2D eigenvalue weighted by Gasteiger charge is -2.34. The van der Waals surface area contributed by atoms with E-state index in [-0.39, 0.29) is 11.6 Å². The molecule has 5 heteroatoms. The summed E-state index contributed by atoms with van der Waals surface area (Å²) in [4.78, 5) is 16.9. The average molecular weight is 282 g/mol. The predicted octanol–water partition coefficient (Wildman–Crippen LogP) is 2.46. The normalized spacial score (nSPS) is 11.8. The molecule has 5 nitrogen and oxygen atoms in total. The van der Waals surface area contributed by atoms with Crippen LogP contribution in [-0.4, -0.2) is 35.5 Å². The van der Waals surface area contributed by atoms with Gasteiger partial charge in [0.25, 0.3) is 5.56 Å². The SMILES string of the molecule is CC(C)N(c1c(N(C)C)c(=O)n(C(C)C)n1C)C(C)C. The molecule has 1 aromatic rings. The first kappa shape index (κ1) is 16.7. The molecule has 0 aliphatic rings. The fourth-order valence-electron chi connectivity index (χ4n) is 2.94. The number of rotatable bonds is 5. The maximum Gasteiger partial charge on any atom is 0.292 e. The molecule has 0 unspecified atom stereocenters. The zero-order chi connectivity index (χ0) is 15.8. The van der Waals surface area contributed by atoms with Gasteiger partial charge in [0.15, 0.2) is 5.82 Å². The summed E-state index contributed by atoms with van der Waals surface area (Å²) in [5.41, 5.74) is 0.845. The van der Waals surface area contributed by atoms with Crippen LogP contribution in [0.25, 0.3) is 0 Å². The molecule has 1 rings (SSSR count). The molecule has 0 aromatic carbocycles. The highest BCUT2D eigenvalue weighted by molar-refractivity contribution is 5.67. The topological polar surface area (TPSA) is 33.4 Å². The van der Waals surface area contributed by atoms with Crippen LogP contribution in [-0.2, 0) is 7.05 Å². The van der Waals surface area contributed by atoms with Crippen molar-refractivity contribution < 1.29 is 0 Å². The van der Waals surface area contributed by atoms with Crippen LogP contribution in [0.1, 0.15) is 47.6 Å². The molecule has 0 bridgehead atoms. The first-order chi connectivity index (χ1) is 9.11. The van der Waals surface area contributed by atoms with Crippen molar-refractivity contribution in [3.05, 3.63) is 10.4 Å². The number of hydrogen-bond donors (Lipinski definition) is 0. The quantitative estimate of drug-likeness (QED) is 0.832. The van der Waals surface area contributed by atoms with Crippen LogP contribution in [0, 0.1) is 0 Å². The second kappa shape index (κ2) is 5.94. The van der Waals surface area contributed by atoms with E-state index in [1.807, 2.05) is 49.3 Å². The second-order valence-electron chi connectivity index (χ2n) is 6.43. The Morgan fingerprint density at radius 1 is 0.950 bits per heavy atom. The molecule has 20 heavy (non-hydrogen) atoms. The Balaban J connectivity index is 3.68. The van der Waals surface area contributed by atoms with Crippen molar-refractivity contribution in [3.63, 3.8) is 0 Å². The maximum absolute atomic E-state index is 12.7. The molecule has 0 radical (unpaired) electrons. The largest absolute Gasteiger partial charge is 0.370 e. The van der Waals surface area contributed by atoms with Crippen LogP contribution >= 0.6 is 0 Å². The summed E-state index contributed by atoms with van der Waals surface area (Å²) in [5, 5.41) is 0. The van der Waals surface area contributed by atoms with Gasteiger partial charge < -0.3 is 9.80 Å². The molecular weight excluding hydrogens is 252 g/mol. The van der Waals surface area contributed by atoms with Crippen molar-refractivity contribution in [1.82, 2.24) is 9.36 Å². The minimum Gasteiger partial charge on any atom is -0.370 e. The summed E-state index contributed by atoms with van der Waals surface area (Å²) in [6.07, 6.45) is 0. The first-order valence-electron chi connectivity index (χ1n) is 7.38. The lowest BCUT2D eigenvalue weighted by molar-refractivity contribution is 0.431. The van der Waals surface area contributed by atoms with Crippen LogP contribution in [0.2, 0.25) is 0 Å². The van der Waals surface area contributed by atoms with E-state index < -0.39 is 0 Å². The third-order valence-corrected chi connectivity index (χ3v) is 3.55. The van der Waals surface area contributed by atoms with Gasteiger partial charge in [0.05, 0.1) is 0 Å². The summed E-state index contributed by atoms with van der Waals surface area (Å²) in [5.74, 6) is 0.999. The highest BCUT2D eigenvalue weighted by Gasteiger charge is 2.28. The Bertz CT molecular complexity index is 501. The lowest BCUT2D eigenvalue weighted by Crippen LogP contribution is -2.39. The minimum atomic E-state index is 0.0776. The van der Waals surface area contributed by atoms with E-state index in [0.29, 0.717) is 12.1 Å². The van der Waals surface area contributed by atoms with Crippen LogP contribution in [0.4, 0.5) is 11.5 Å². The average Bonchev–Trinajstić information content (AvgIpc) is 2.49. The van der Waals surface area contributed by atoms with E-state index >= 15 is 0 Å². The molecular formula is C15H30N4O. The van der Waals surface area contributed by atoms with Crippen molar-refractivity contribution in [2.45, 2.75) is 59.7 Å². The number of aromatic nitrogens is 2. The van der Waals surface area contributed by atoms with Crippen LogP contribution in [0.15, 0.2) is 4.79 Å². The van der Waals surface area contributed by atoms with Gasteiger partial charge in [-0.3, -0.25) is 9.48 Å². The number of hydrogen-bond acceptors (Lipinski definition) is 3. The van der Waals surface area contributed by atoms with Gasteiger partial charge in [-0.2, -0.15) is 0 Å². The summed E-state index contributed by atoms with van der Waals surface area (Å²) in [6, 6.07) is 0.811. The zero-order valence-corrected chi connectivity index (χ0v) is 14.4. The Morgan fingerprint density at radius 3 is 1.70 bits per heavy atom. The Morgan fingerprint density at radius 2 is 1.40 bits per heavy atom. The molecule has 0 saturated heterocycles. The van der Waals surface area contributed by atoms with Crippen molar-refractivity contribution in [3.8, 4) is 0 Å². The second-order valence-corrected chi connectivity index (χ2v) is 6.43. The first-order valence-corrected chi connectivity index (χ1v) is 7.38. The van der Waals surface area contributed by atoms with Gasteiger partial charge in [-0.05, 0) is 41.5 Å². The third kappa shape index (κ3) is 2.72. The van der Waals surface area contributed by atoms with Gasteiger partial charge in [0.2, 0.25) is 0 Å². The maximum atomic E-state index is 12.7. The van der Waals surface area contributed by atoms with Gasteiger partial charge in [0, 0.05) is 39.3 Å². The highest BCUT2D eigenvalue weighted by Crippen LogP contribution is 2.29. The summed E-state index contributed by atoms with van der Waals surface area (Å²) in [7, 11) is 5.84. The molecule has 116 valence electrons. The van der Waals surface area contributed by atoms with Crippen molar-refractivity contribution in [1.29, 1.82) is 0 Å². The molecule has 0 fully saturated rings. The molecule has 0 amide bonds. The minimum absolute atomic E-state index is 0.0776. The summed E-state index contributed by atoms with van der Waals surface area (Å²) in [6.45, 7) is 12.7. The highest BCUT2D eigenvalue weighted by atomic mass is 16.1. The Kier molecular flexibility index (Phi) is 4.95. The molecule has 0 N–H and O–H groups in total. The van der Waals surface area contributed by atoms with Crippen LogP contribution < -0.4 is 15.4 Å². The molecule has 0 aliphatic heterocycles. The Hall–Kier alpha value is -1.39. The summed E-state index contributed by atoms with van der Waals surface area (Å²) < 4.78 is 3.82. The molecule has 0 saturated carbocycles. The fourth-order valence-corrected chi connectivity index (χ4v) is 2.94. The van der Waals surface area contributed by atoms with E-state index in [0.717, 1.165) is 11.5 Å². The van der Waals surface area contributed by atoms with Gasteiger partial charge >= 0.3 is 0 Å². The van der Waals surface area contributed by atoms with Crippen molar-refractivity contribution in [2.75, 3.05) is 23.9 Å². The van der Waals surface area contributed by atoms with E-state index in [9.17, 15) is 4.79 Å². The van der Waals surface area contributed by atoms with Crippen molar-refractivity contribution >= 4 is 11.5 Å². The standard InChI is InChI=1S/C15H30N4O/c1-10(2)18(11(3)4)14-13(16(7)8)15(20)19(12(5)6)17(14)9/h10-12H,1-9H3. The third-order valence-electron chi connectivity index (χ3n) is 3.55. The fraction of sp³-hybridized carbons (Fsp3) is 0.800. The van der Waals surface area contributed by atoms with E-state index in [1.54, 1.807) is 0 Å². The molecule has 0 spiro atoms. The molecule has 1 aromatic heterocycles. The molecule has 0 aliphatic carbocycles. The summed E-state index contributed by atoms with van der Waals surface area (Å²) >= 11 is 0.